The van der Waals surface area contributed by atoms with E-state index >= 15 is 0 Å². The smallest absolute Gasteiger partial charge is 0.187 e. The molecule has 2 heterocycles. The molecule has 102 valence electrons. The Hall–Kier alpha value is 0.320. The minimum atomic E-state index is -0.359. The van der Waals surface area contributed by atoms with Gasteiger partial charge >= 0.3 is 0 Å². The van der Waals surface area contributed by atoms with E-state index in [1.807, 2.05) is 0 Å². The number of ether oxygens (including phenoxy) is 4. The highest BCUT2D eigenvalue weighted by molar-refractivity contribution is 9.10. The summed E-state index contributed by atoms with van der Waals surface area (Å²) in [6, 6.07) is 0. The molecule has 6 saturated carbocycles. The fourth-order valence-electron chi connectivity index (χ4n) is 7.76. The molecule has 0 amide bonds. The van der Waals surface area contributed by atoms with E-state index in [2.05, 4.69) is 15.9 Å². The number of hydrogen-bond acceptors (Lipinski definition) is 4. The molecule has 2 spiro atoms. The van der Waals surface area contributed by atoms with Crippen molar-refractivity contribution in [1.82, 2.24) is 0 Å². The van der Waals surface area contributed by atoms with Crippen LogP contribution in [0.1, 0.15) is 0 Å². The Morgan fingerprint density at radius 3 is 2.00 bits per heavy atom. The molecule has 19 heavy (non-hydrogen) atoms. The number of rotatable bonds is 0. The normalized spacial score (nSPS) is 70.3. The minimum Gasteiger partial charge on any atom is -0.347 e. The first-order valence-electron chi connectivity index (χ1n) is 7.52. The van der Waals surface area contributed by atoms with Gasteiger partial charge in [0.15, 0.2) is 11.6 Å². The van der Waals surface area contributed by atoms with Crippen LogP contribution in [0.25, 0.3) is 0 Å². The van der Waals surface area contributed by atoms with Crippen LogP contribution in [-0.4, -0.2) is 42.3 Å². The molecule has 5 heteroatoms. The lowest BCUT2D eigenvalue weighted by atomic mass is 9.41. The summed E-state index contributed by atoms with van der Waals surface area (Å²) in [5, 5.41) is 0. The fourth-order valence-corrected chi connectivity index (χ4v) is 9.45. The predicted octanol–water partition coefficient (Wildman–Crippen LogP) is 0.988. The zero-order valence-corrected chi connectivity index (χ0v) is 12.0. The van der Waals surface area contributed by atoms with Crippen molar-refractivity contribution >= 4 is 15.9 Å². The van der Waals surface area contributed by atoms with E-state index in [-0.39, 0.29) is 15.9 Å². The molecule has 4 bridgehead atoms. The van der Waals surface area contributed by atoms with Crippen molar-refractivity contribution in [2.24, 2.45) is 41.4 Å². The Kier molecular flexibility index (Phi) is 1.31. The number of alkyl halides is 1. The Labute approximate surface area is 119 Å². The van der Waals surface area contributed by atoms with Crippen LogP contribution in [0.5, 0.6) is 0 Å². The second kappa shape index (κ2) is 2.45. The first kappa shape index (κ1) is 10.1. The van der Waals surface area contributed by atoms with Crippen molar-refractivity contribution in [2.75, 3.05) is 26.4 Å². The highest BCUT2D eigenvalue weighted by Crippen LogP contribution is 2.97. The Bertz CT molecular complexity index is 526. The van der Waals surface area contributed by atoms with Gasteiger partial charge in [-0.15, -0.1) is 0 Å². The van der Waals surface area contributed by atoms with Crippen molar-refractivity contribution < 1.29 is 18.9 Å². The lowest BCUT2D eigenvalue weighted by Crippen LogP contribution is -2.71. The van der Waals surface area contributed by atoms with Crippen molar-refractivity contribution in [1.29, 1.82) is 0 Å². The SMILES string of the molecule is BrC12C3C4C5C3C1C(C4C21OCCO1)C51OCCO1. The van der Waals surface area contributed by atoms with Gasteiger partial charge in [-0.2, -0.15) is 0 Å². The quantitative estimate of drug-likeness (QED) is 0.622. The molecule has 0 aromatic heterocycles. The second-order valence-electron chi connectivity index (χ2n) is 7.33. The van der Waals surface area contributed by atoms with Crippen molar-refractivity contribution in [3.63, 3.8) is 0 Å². The molecule has 6 aliphatic carbocycles. The van der Waals surface area contributed by atoms with Crippen LogP contribution in [-0.2, 0) is 18.9 Å². The molecule has 8 unspecified atom stereocenters. The maximum absolute atomic E-state index is 6.21. The Morgan fingerprint density at radius 1 is 0.684 bits per heavy atom. The molecular formula is C14H15BrO4. The molecule has 2 aliphatic heterocycles. The van der Waals surface area contributed by atoms with Gasteiger partial charge in [0.2, 0.25) is 0 Å². The summed E-state index contributed by atoms with van der Waals surface area (Å²) in [6.07, 6.45) is 0. The largest absolute Gasteiger partial charge is 0.347 e. The van der Waals surface area contributed by atoms with Crippen molar-refractivity contribution in [3.05, 3.63) is 0 Å². The second-order valence-corrected chi connectivity index (χ2v) is 8.65. The van der Waals surface area contributed by atoms with E-state index in [4.69, 9.17) is 18.9 Å². The zero-order valence-electron chi connectivity index (χ0n) is 10.4. The zero-order chi connectivity index (χ0) is 12.2. The van der Waals surface area contributed by atoms with Crippen LogP contribution in [0.3, 0.4) is 0 Å². The molecule has 8 atom stereocenters. The van der Waals surface area contributed by atoms with Gasteiger partial charge in [-0.05, 0) is 23.7 Å². The molecule has 2 saturated heterocycles. The van der Waals surface area contributed by atoms with Gasteiger partial charge in [-0.25, -0.2) is 0 Å². The van der Waals surface area contributed by atoms with Crippen LogP contribution in [0.2, 0.25) is 0 Å². The van der Waals surface area contributed by atoms with Crippen molar-refractivity contribution in [3.8, 4) is 0 Å². The third-order valence-corrected chi connectivity index (χ3v) is 9.20. The topological polar surface area (TPSA) is 36.9 Å². The summed E-state index contributed by atoms with van der Waals surface area (Å²) >= 11 is 4.09. The molecular weight excluding hydrogens is 312 g/mol. The van der Waals surface area contributed by atoms with Gasteiger partial charge in [0.25, 0.3) is 0 Å². The van der Waals surface area contributed by atoms with E-state index in [1.165, 1.54) is 0 Å². The molecule has 4 nitrogen and oxygen atoms in total. The van der Waals surface area contributed by atoms with Gasteiger partial charge in [-0.3, -0.25) is 0 Å². The van der Waals surface area contributed by atoms with E-state index in [0.717, 1.165) is 38.3 Å². The maximum atomic E-state index is 6.21. The number of halogens is 1. The molecule has 0 aromatic carbocycles. The highest BCUT2D eigenvalue weighted by Gasteiger charge is 3.04. The van der Waals surface area contributed by atoms with Crippen LogP contribution in [0, 0.1) is 41.4 Å². The lowest BCUT2D eigenvalue weighted by molar-refractivity contribution is -0.243. The average molecular weight is 327 g/mol. The first-order valence-corrected chi connectivity index (χ1v) is 8.31. The Morgan fingerprint density at radius 2 is 1.32 bits per heavy atom. The first-order chi connectivity index (χ1) is 9.27. The summed E-state index contributed by atoms with van der Waals surface area (Å²) in [5.74, 6) is 3.89. The van der Waals surface area contributed by atoms with Gasteiger partial charge in [-0.1, -0.05) is 15.9 Å². The van der Waals surface area contributed by atoms with Gasteiger partial charge < -0.3 is 18.9 Å². The summed E-state index contributed by atoms with van der Waals surface area (Å²) < 4.78 is 24.8. The van der Waals surface area contributed by atoms with Gasteiger partial charge in [0, 0.05) is 17.8 Å². The standard InChI is InChI=1S/C14H15BrO4/c15-12-7-5-8-6(7)10(14(12)18-3-4-19-14)11(9(5)12)13(8)16-1-2-17-13/h5-11H,1-4H2. The summed E-state index contributed by atoms with van der Waals surface area (Å²) in [6.45, 7) is 3.01. The molecule has 8 aliphatic rings. The van der Waals surface area contributed by atoms with E-state index in [1.54, 1.807) is 0 Å². The van der Waals surface area contributed by atoms with Crippen LogP contribution in [0.15, 0.2) is 0 Å². The van der Waals surface area contributed by atoms with Crippen molar-refractivity contribution in [2.45, 2.75) is 15.9 Å². The van der Waals surface area contributed by atoms with Crippen LogP contribution >= 0.6 is 15.9 Å². The molecule has 0 aromatic rings. The lowest BCUT2D eigenvalue weighted by Gasteiger charge is -2.66. The summed E-state index contributed by atoms with van der Waals surface area (Å²) in [7, 11) is 0. The third-order valence-electron chi connectivity index (χ3n) is 7.59. The average Bonchev–Trinajstić information content (AvgIpc) is 3.15. The molecule has 8 rings (SSSR count). The third kappa shape index (κ3) is 0.612. The van der Waals surface area contributed by atoms with E-state index < -0.39 is 0 Å². The highest BCUT2D eigenvalue weighted by atomic mass is 79.9. The minimum absolute atomic E-state index is 0.0659. The van der Waals surface area contributed by atoms with Gasteiger partial charge in [0.05, 0.1) is 30.8 Å². The summed E-state index contributed by atoms with van der Waals surface area (Å²) in [4.78, 5) is 0. The molecule has 0 N–H and O–H groups in total. The van der Waals surface area contributed by atoms with Crippen LogP contribution < -0.4 is 0 Å². The molecule has 8 fully saturated rings. The number of hydrogen-bond donors (Lipinski definition) is 0. The maximum Gasteiger partial charge on any atom is 0.187 e. The van der Waals surface area contributed by atoms with E-state index in [0.29, 0.717) is 29.6 Å². The van der Waals surface area contributed by atoms with E-state index in [9.17, 15) is 0 Å². The molecule has 0 radical (unpaired) electrons. The fraction of sp³-hybridized carbons (Fsp3) is 1.00. The Balaban J connectivity index is 1.50. The van der Waals surface area contributed by atoms with Crippen LogP contribution in [0.4, 0.5) is 0 Å². The predicted molar refractivity (Wildman–Crippen MR) is 65.4 cm³/mol. The monoisotopic (exact) mass is 326 g/mol. The van der Waals surface area contributed by atoms with Gasteiger partial charge in [0.1, 0.15) is 0 Å². The summed E-state index contributed by atoms with van der Waals surface area (Å²) in [5.41, 5.74) is 0.